The van der Waals surface area contributed by atoms with Crippen LogP contribution in [0.2, 0.25) is 0 Å². The number of benzene rings is 1. The molecule has 0 aliphatic rings. The number of pyridine rings is 1. The molecule has 0 aliphatic heterocycles. The van der Waals surface area contributed by atoms with Crippen LogP contribution in [0.25, 0.3) is 0 Å². The van der Waals surface area contributed by atoms with Crippen molar-refractivity contribution in [1.82, 2.24) is 4.98 Å². The summed E-state index contributed by atoms with van der Waals surface area (Å²) in [5.41, 5.74) is 0. The van der Waals surface area contributed by atoms with E-state index in [-0.39, 0.29) is 0 Å². The summed E-state index contributed by atoms with van der Waals surface area (Å²) < 4.78 is 11.5. The van der Waals surface area contributed by atoms with Crippen LogP contribution < -0.4 is 9.47 Å². The van der Waals surface area contributed by atoms with Crippen molar-refractivity contribution in [2.24, 2.45) is 0 Å². The Balaban J connectivity index is 2.20. The maximum Gasteiger partial charge on any atom is 0.219 e. The highest BCUT2D eigenvalue weighted by molar-refractivity contribution is 9.10. The van der Waals surface area contributed by atoms with E-state index in [4.69, 9.17) is 9.47 Å². The van der Waals surface area contributed by atoms with Crippen LogP contribution in [0.1, 0.15) is 0 Å². The molecular formula is C12H10BrNO2. The molecule has 2 aromatic rings. The molecule has 1 aromatic carbocycles. The standard InChI is InChI=1S/C12H10BrNO2/c1-15-11-6-5-9(8-10(11)13)16-12-4-2-3-7-14-12/h2-8H,1H3. The first-order chi connectivity index (χ1) is 7.79. The third kappa shape index (κ3) is 2.52. The van der Waals surface area contributed by atoms with E-state index in [1.807, 2.05) is 30.3 Å². The summed E-state index contributed by atoms with van der Waals surface area (Å²) in [6, 6.07) is 11.0. The van der Waals surface area contributed by atoms with Crippen molar-refractivity contribution in [3.63, 3.8) is 0 Å². The monoisotopic (exact) mass is 279 g/mol. The summed E-state index contributed by atoms with van der Waals surface area (Å²) in [5.74, 6) is 2.05. The molecule has 82 valence electrons. The fourth-order valence-electron chi connectivity index (χ4n) is 1.24. The Labute approximate surface area is 102 Å². The number of aromatic nitrogens is 1. The molecule has 16 heavy (non-hydrogen) atoms. The summed E-state index contributed by atoms with van der Waals surface area (Å²) in [6.07, 6.45) is 1.69. The highest BCUT2D eigenvalue weighted by atomic mass is 79.9. The van der Waals surface area contributed by atoms with Gasteiger partial charge in [-0.15, -0.1) is 0 Å². The van der Waals surface area contributed by atoms with Crippen molar-refractivity contribution in [3.05, 3.63) is 47.1 Å². The fraction of sp³-hybridized carbons (Fsp3) is 0.0833. The molecule has 0 unspecified atom stereocenters. The lowest BCUT2D eigenvalue weighted by molar-refractivity contribution is 0.409. The van der Waals surface area contributed by atoms with E-state index in [9.17, 15) is 0 Å². The molecule has 0 radical (unpaired) electrons. The lowest BCUT2D eigenvalue weighted by Crippen LogP contribution is -1.88. The van der Waals surface area contributed by atoms with Crippen molar-refractivity contribution in [1.29, 1.82) is 0 Å². The first-order valence-corrected chi connectivity index (χ1v) is 5.51. The fourth-order valence-corrected chi connectivity index (χ4v) is 1.76. The number of halogens is 1. The third-order valence-electron chi connectivity index (χ3n) is 1.98. The number of hydrogen-bond donors (Lipinski definition) is 0. The van der Waals surface area contributed by atoms with Gasteiger partial charge in [0, 0.05) is 12.3 Å². The summed E-state index contributed by atoms with van der Waals surface area (Å²) in [7, 11) is 1.62. The van der Waals surface area contributed by atoms with Crippen molar-refractivity contribution < 1.29 is 9.47 Å². The van der Waals surface area contributed by atoms with Gasteiger partial charge in [-0.05, 0) is 40.2 Å². The maximum atomic E-state index is 5.56. The molecule has 0 N–H and O–H groups in total. The number of hydrogen-bond acceptors (Lipinski definition) is 3. The number of nitrogens with zero attached hydrogens (tertiary/aromatic N) is 1. The molecule has 0 atom stereocenters. The molecule has 4 heteroatoms. The number of rotatable bonds is 3. The Hall–Kier alpha value is -1.55. The lowest BCUT2D eigenvalue weighted by atomic mass is 10.3. The Morgan fingerprint density at radius 1 is 1.19 bits per heavy atom. The van der Waals surface area contributed by atoms with E-state index in [0.29, 0.717) is 11.6 Å². The van der Waals surface area contributed by atoms with Crippen LogP contribution in [0, 0.1) is 0 Å². The van der Waals surface area contributed by atoms with Crippen LogP contribution in [0.5, 0.6) is 17.4 Å². The SMILES string of the molecule is COc1ccc(Oc2ccccn2)cc1Br. The van der Waals surface area contributed by atoms with Crippen LogP contribution in [0.15, 0.2) is 47.1 Å². The zero-order valence-electron chi connectivity index (χ0n) is 8.68. The summed E-state index contributed by atoms with van der Waals surface area (Å²) >= 11 is 3.40. The van der Waals surface area contributed by atoms with Gasteiger partial charge in [0.25, 0.3) is 0 Å². The molecular weight excluding hydrogens is 270 g/mol. The predicted octanol–water partition coefficient (Wildman–Crippen LogP) is 3.65. The van der Waals surface area contributed by atoms with E-state index < -0.39 is 0 Å². The minimum Gasteiger partial charge on any atom is -0.496 e. The normalized spacial score (nSPS) is 9.88. The Bertz CT molecular complexity index is 474. The van der Waals surface area contributed by atoms with Crippen LogP contribution in [-0.2, 0) is 0 Å². The second kappa shape index (κ2) is 4.99. The molecule has 0 aliphatic carbocycles. The molecule has 0 amide bonds. The quantitative estimate of drug-likeness (QED) is 0.860. The first-order valence-electron chi connectivity index (χ1n) is 4.72. The van der Waals surface area contributed by atoms with Gasteiger partial charge >= 0.3 is 0 Å². The van der Waals surface area contributed by atoms with E-state index in [1.54, 1.807) is 19.4 Å². The zero-order chi connectivity index (χ0) is 11.4. The molecule has 0 bridgehead atoms. The lowest BCUT2D eigenvalue weighted by Gasteiger charge is -2.07. The Kier molecular flexibility index (Phi) is 3.41. The minimum atomic E-state index is 0.569. The van der Waals surface area contributed by atoms with Gasteiger partial charge in [0.1, 0.15) is 11.5 Å². The van der Waals surface area contributed by atoms with E-state index in [2.05, 4.69) is 20.9 Å². The highest BCUT2D eigenvalue weighted by Gasteiger charge is 2.03. The van der Waals surface area contributed by atoms with Gasteiger partial charge in [-0.25, -0.2) is 4.98 Å². The average Bonchev–Trinajstić information content (AvgIpc) is 2.31. The van der Waals surface area contributed by atoms with Gasteiger partial charge in [0.2, 0.25) is 5.88 Å². The van der Waals surface area contributed by atoms with Crippen molar-refractivity contribution in [3.8, 4) is 17.4 Å². The molecule has 1 heterocycles. The van der Waals surface area contributed by atoms with Crippen LogP contribution >= 0.6 is 15.9 Å². The number of ether oxygens (including phenoxy) is 2. The van der Waals surface area contributed by atoms with Gasteiger partial charge < -0.3 is 9.47 Å². The van der Waals surface area contributed by atoms with Gasteiger partial charge in [0.05, 0.1) is 11.6 Å². The van der Waals surface area contributed by atoms with Crippen LogP contribution in [0.3, 0.4) is 0 Å². The molecule has 3 nitrogen and oxygen atoms in total. The maximum absolute atomic E-state index is 5.56. The summed E-state index contributed by atoms with van der Waals surface area (Å²) in [4.78, 5) is 4.08. The minimum absolute atomic E-state index is 0.569. The molecule has 0 saturated carbocycles. The summed E-state index contributed by atoms with van der Waals surface area (Å²) in [5, 5.41) is 0. The van der Waals surface area contributed by atoms with Crippen molar-refractivity contribution in [2.45, 2.75) is 0 Å². The van der Waals surface area contributed by atoms with Gasteiger partial charge in [0.15, 0.2) is 0 Å². The van der Waals surface area contributed by atoms with Gasteiger partial charge in [-0.2, -0.15) is 0 Å². The van der Waals surface area contributed by atoms with Gasteiger partial charge in [-0.3, -0.25) is 0 Å². The van der Waals surface area contributed by atoms with E-state index in [0.717, 1.165) is 10.2 Å². The average molecular weight is 280 g/mol. The third-order valence-corrected chi connectivity index (χ3v) is 2.60. The zero-order valence-corrected chi connectivity index (χ0v) is 10.3. The van der Waals surface area contributed by atoms with Gasteiger partial charge in [-0.1, -0.05) is 6.07 Å². The molecule has 0 spiro atoms. The van der Waals surface area contributed by atoms with Crippen molar-refractivity contribution >= 4 is 15.9 Å². The topological polar surface area (TPSA) is 31.4 Å². The first kappa shape index (κ1) is 11.0. The second-order valence-electron chi connectivity index (χ2n) is 3.07. The molecule has 2 rings (SSSR count). The van der Waals surface area contributed by atoms with E-state index in [1.165, 1.54) is 0 Å². The second-order valence-corrected chi connectivity index (χ2v) is 3.92. The largest absolute Gasteiger partial charge is 0.496 e. The molecule has 0 fully saturated rings. The predicted molar refractivity (Wildman–Crippen MR) is 65.0 cm³/mol. The van der Waals surface area contributed by atoms with Crippen LogP contribution in [0.4, 0.5) is 0 Å². The van der Waals surface area contributed by atoms with Crippen molar-refractivity contribution in [2.75, 3.05) is 7.11 Å². The smallest absolute Gasteiger partial charge is 0.219 e. The van der Waals surface area contributed by atoms with Crippen LogP contribution in [-0.4, -0.2) is 12.1 Å². The molecule has 1 aromatic heterocycles. The van der Waals surface area contributed by atoms with E-state index >= 15 is 0 Å². The number of methoxy groups -OCH3 is 1. The Morgan fingerprint density at radius 3 is 2.69 bits per heavy atom. The molecule has 0 saturated heterocycles. The highest BCUT2D eigenvalue weighted by Crippen LogP contribution is 2.30. The summed E-state index contributed by atoms with van der Waals surface area (Å²) in [6.45, 7) is 0. The Morgan fingerprint density at radius 2 is 2.06 bits per heavy atom.